The zero-order valence-corrected chi connectivity index (χ0v) is 16.5. The van der Waals surface area contributed by atoms with Crippen LogP contribution in [-0.2, 0) is 23.9 Å². The van der Waals surface area contributed by atoms with Crippen LogP contribution < -0.4 is 0 Å². The van der Waals surface area contributed by atoms with Crippen molar-refractivity contribution in [2.45, 2.75) is 52.2 Å². The van der Waals surface area contributed by atoms with Crippen LogP contribution >= 0.6 is 0 Å². The molecule has 1 aliphatic heterocycles. The van der Waals surface area contributed by atoms with E-state index in [1.165, 1.54) is 31.4 Å². The first-order valence-electron chi connectivity index (χ1n) is 9.25. The van der Waals surface area contributed by atoms with E-state index >= 15 is 0 Å². The summed E-state index contributed by atoms with van der Waals surface area (Å²) in [5.41, 5.74) is -1.17. The van der Waals surface area contributed by atoms with Gasteiger partial charge in [-0.2, -0.15) is 0 Å². The highest BCUT2D eigenvalue weighted by atomic mass is 16.6. The number of ketones is 1. The third-order valence-electron chi connectivity index (χ3n) is 5.01. The molecule has 7 heteroatoms. The van der Waals surface area contributed by atoms with E-state index in [0.29, 0.717) is 23.5 Å². The maximum absolute atomic E-state index is 12.5. The molecule has 0 fully saturated rings. The van der Waals surface area contributed by atoms with Crippen LogP contribution in [0.1, 0.15) is 40.5 Å². The van der Waals surface area contributed by atoms with Gasteiger partial charge in [-0.25, -0.2) is 4.79 Å². The van der Waals surface area contributed by atoms with Gasteiger partial charge in [0, 0.05) is 11.6 Å². The number of carbonyl (C=O) groups is 3. The first kappa shape index (κ1) is 21.6. The number of esters is 1. The Morgan fingerprint density at radius 1 is 1.36 bits per heavy atom. The Kier molecular flexibility index (Phi) is 6.61. The highest BCUT2D eigenvalue weighted by Crippen LogP contribution is 2.37. The van der Waals surface area contributed by atoms with Crippen molar-refractivity contribution in [2.24, 2.45) is 11.8 Å². The number of allylic oxidation sites excluding steroid dienone is 2. The van der Waals surface area contributed by atoms with Crippen LogP contribution in [0.2, 0.25) is 0 Å². The second kappa shape index (κ2) is 8.56. The van der Waals surface area contributed by atoms with Crippen molar-refractivity contribution in [1.82, 2.24) is 0 Å². The van der Waals surface area contributed by atoms with E-state index in [0.717, 1.165) is 12.5 Å². The topological polar surface area (TPSA) is 110 Å². The van der Waals surface area contributed by atoms with Crippen molar-refractivity contribution < 1.29 is 34.1 Å². The number of hydrogen-bond donors (Lipinski definition) is 2. The fraction of sp³-hybridized carbons (Fsp3) is 0.476. The van der Waals surface area contributed by atoms with Gasteiger partial charge in [0.25, 0.3) is 0 Å². The summed E-state index contributed by atoms with van der Waals surface area (Å²) < 4.78 is 10.9. The zero-order chi connectivity index (χ0) is 21.1. The molecular weight excluding hydrogens is 364 g/mol. The molecule has 0 unspecified atom stereocenters. The lowest BCUT2D eigenvalue weighted by molar-refractivity contribution is -0.167. The Labute approximate surface area is 164 Å². The number of carboxylic acids is 1. The molecule has 0 saturated heterocycles. The lowest BCUT2D eigenvalue weighted by atomic mass is 9.79. The Morgan fingerprint density at radius 2 is 2.04 bits per heavy atom. The summed E-state index contributed by atoms with van der Waals surface area (Å²) in [6, 6.07) is 0. The van der Waals surface area contributed by atoms with Crippen LogP contribution in [0.4, 0.5) is 0 Å². The van der Waals surface area contributed by atoms with Gasteiger partial charge in [0.15, 0.2) is 17.5 Å². The lowest BCUT2D eigenvalue weighted by Crippen LogP contribution is -2.52. The standard InChI is InChI=1S/C21H26O7/c1-5-12(2)8-13(3)20(25)28-19-16-11-27-15(6-7-18(23)24)9-14(16)10-17(22)21(19,4)26/h6-7,9-13,19,26H,5,8H2,1-4H3,(H,23,24)/b7-6+/t12-,13-,19+,21-/m0/s1. The van der Waals surface area contributed by atoms with Gasteiger partial charge in [0.05, 0.1) is 12.2 Å². The number of carboxylic acid groups (broad SMARTS) is 1. The summed E-state index contributed by atoms with van der Waals surface area (Å²) in [6.45, 7) is 7.13. The van der Waals surface area contributed by atoms with Crippen LogP contribution in [0.25, 0.3) is 0 Å². The molecule has 28 heavy (non-hydrogen) atoms. The normalized spacial score (nSPS) is 26.4. The summed E-state index contributed by atoms with van der Waals surface area (Å²) in [5, 5.41) is 19.4. The van der Waals surface area contributed by atoms with Crippen molar-refractivity contribution in [3.05, 3.63) is 47.5 Å². The predicted octanol–water partition coefficient (Wildman–Crippen LogP) is 2.67. The third-order valence-corrected chi connectivity index (χ3v) is 5.01. The molecule has 4 atom stereocenters. The van der Waals surface area contributed by atoms with Gasteiger partial charge < -0.3 is 19.7 Å². The number of hydrogen-bond acceptors (Lipinski definition) is 6. The highest BCUT2D eigenvalue weighted by Gasteiger charge is 2.48. The smallest absolute Gasteiger partial charge is 0.328 e. The molecule has 0 aromatic rings. The molecule has 1 aliphatic carbocycles. The van der Waals surface area contributed by atoms with Gasteiger partial charge in [-0.15, -0.1) is 0 Å². The summed E-state index contributed by atoms with van der Waals surface area (Å²) in [7, 11) is 0. The van der Waals surface area contributed by atoms with Crippen LogP contribution in [0, 0.1) is 11.8 Å². The maximum Gasteiger partial charge on any atom is 0.328 e. The number of aliphatic carboxylic acids is 1. The molecule has 0 spiro atoms. The fourth-order valence-corrected chi connectivity index (χ4v) is 3.05. The maximum atomic E-state index is 12.5. The van der Waals surface area contributed by atoms with Gasteiger partial charge in [-0.1, -0.05) is 27.2 Å². The number of ether oxygens (including phenoxy) is 2. The first-order chi connectivity index (χ1) is 13.1. The van der Waals surface area contributed by atoms with Crippen molar-refractivity contribution in [2.75, 3.05) is 0 Å². The van der Waals surface area contributed by atoms with Crippen LogP contribution in [0.5, 0.6) is 0 Å². The highest BCUT2D eigenvalue weighted by molar-refractivity contribution is 6.01. The Morgan fingerprint density at radius 3 is 2.64 bits per heavy atom. The van der Waals surface area contributed by atoms with Crippen molar-refractivity contribution in [3.63, 3.8) is 0 Å². The van der Waals surface area contributed by atoms with Crippen LogP contribution in [0.15, 0.2) is 47.5 Å². The molecule has 0 bridgehead atoms. The number of fused-ring (bicyclic) bond motifs is 1. The largest absolute Gasteiger partial charge is 0.478 e. The van der Waals surface area contributed by atoms with Crippen molar-refractivity contribution >= 4 is 17.7 Å². The fourth-order valence-electron chi connectivity index (χ4n) is 3.05. The average molecular weight is 390 g/mol. The second-order valence-corrected chi connectivity index (χ2v) is 7.49. The molecule has 0 amide bonds. The Balaban J connectivity index is 2.26. The molecule has 2 N–H and O–H groups in total. The molecule has 7 nitrogen and oxygen atoms in total. The molecule has 0 saturated carbocycles. The molecule has 0 aromatic carbocycles. The van der Waals surface area contributed by atoms with E-state index in [2.05, 4.69) is 0 Å². The Bertz CT molecular complexity index is 783. The zero-order valence-electron chi connectivity index (χ0n) is 16.5. The van der Waals surface area contributed by atoms with E-state index < -0.39 is 29.4 Å². The first-order valence-corrected chi connectivity index (χ1v) is 9.25. The molecule has 1 heterocycles. The third kappa shape index (κ3) is 4.78. The molecular formula is C21H26O7. The van der Waals surface area contributed by atoms with Crippen LogP contribution in [-0.4, -0.2) is 39.6 Å². The number of carbonyl (C=O) groups excluding carboxylic acids is 2. The molecule has 0 aromatic heterocycles. The molecule has 152 valence electrons. The van der Waals surface area contributed by atoms with Gasteiger partial charge in [-0.05, 0) is 43.1 Å². The summed E-state index contributed by atoms with van der Waals surface area (Å²) >= 11 is 0. The molecule has 0 radical (unpaired) electrons. The van der Waals surface area contributed by atoms with Crippen molar-refractivity contribution in [1.29, 1.82) is 0 Å². The summed E-state index contributed by atoms with van der Waals surface area (Å²) in [4.78, 5) is 35.6. The lowest BCUT2D eigenvalue weighted by Gasteiger charge is -2.37. The average Bonchev–Trinajstić information content (AvgIpc) is 2.63. The van der Waals surface area contributed by atoms with Crippen molar-refractivity contribution in [3.8, 4) is 0 Å². The van der Waals surface area contributed by atoms with E-state index in [1.54, 1.807) is 6.92 Å². The molecule has 2 rings (SSSR count). The monoisotopic (exact) mass is 390 g/mol. The second-order valence-electron chi connectivity index (χ2n) is 7.49. The Hall–Kier alpha value is -2.67. The summed E-state index contributed by atoms with van der Waals surface area (Å²) in [6.07, 6.45) is 6.46. The molecule has 2 aliphatic rings. The minimum atomic E-state index is -1.92. The SMILES string of the molecule is CC[C@H](C)C[C@H](C)C(=O)O[C@@H]1C2=COC(/C=C/C(=O)O)=CC2=CC(=O)[C@]1(C)O. The predicted molar refractivity (Wildman–Crippen MR) is 101 cm³/mol. The van der Waals surface area contributed by atoms with Crippen LogP contribution in [0.3, 0.4) is 0 Å². The number of rotatable bonds is 7. The number of aliphatic hydroxyl groups is 1. The quantitative estimate of drug-likeness (QED) is 0.508. The van der Waals surface area contributed by atoms with E-state index in [-0.39, 0.29) is 11.7 Å². The van der Waals surface area contributed by atoms with E-state index in [4.69, 9.17) is 14.6 Å². The van der Waals surface area contributed by atoms with Gasteiger partial charge >= 0.3 is 11.9 Å². The van der Waals surface area contributed by atoms with Gasteiger partial charge in [-0.3, -0.25) is 9.59 Å². The minimum Gasteiger partial charge on any atom is -0.478 e. The minimum absolute atomic E-state index is 0.210. The van der Waals surface area contributed by atoms with Gasteiger partial charge in [0.1, 0.15) is 5.76 Å². The summed E-state index contributed by atoms with van der Waals surface area (Å²) in [5.74, 6) is -2.08. The van der Waals surface area contributed by atoms with E-state index in [1.807, 2.05) is 13.8 Å². The van der Waals surface area contributed by atoms with Gasteiger partial charge in [0.2, 0.25) is 0 Å². The van der Waals surface area contributed by atoms with E-state index in [9.17, 15) is 19.5 Å².